The summed E-state index contributed by atoms with van der Waals surface area (Å²) in [6.45, 7) is -0.161. The number of benzene rings is 2. The normalized spacial score (nSPS) is 11.0. The van der Waals surface area contributed by atoms with E-state index in [4.69, 9.17) is 4.74 Å². The van der Waals surface area contributed by atoms with Gasteiger partial charge in [-0.05, 0) is 43.1 Å². The molecule has 0 aliphatic rings. The number of carbonyl (C=O) groups is 1. The maximum Gasteiger partial charge on any atom is 0.263 e. The van der Waals surface area contributed by atoms with Crippen LogP contribution in [0.5, 0.6) is 11.5 Å². The average Bonchev–Trinajstić information content (AvgIpc) is 3.16. The predicted molar refractivity (Wildman–Crippen MR) is 109 cm³/mol. The van der Waals surface area contributed by atoms with Crippen molar-refractivity contribution in [2.45, 2.75) is 6.54 Å². The lowest BCUT2D eigenvalue weighted by Gasteiger charge is -2.09. The quantitative estimate of drug-likeness (QED) is 0.390. The molecule has 0 spiro atoms. The second-order valence-electron chi connectivity index (χ2n) is 5.44. The Hall–Kier alpha value is -2.79. The van der Waals surface area contributed by atoms with Gasteiger partial charge in [0.25, 0.3) is 5.91 Å². The number of halogens is 2. The molecule has 1 heterocycles. The number of amides is 1. The number of hydrogen-bond donors (Lipinski definition) is 2. The van der Waals surface area contributed by atoms with Crippen molar-refractivity contribution in [2.75, 3.05) is 7.11 Å². The van der Waals surface area contributed by atoms with Crippen LogP contribution in [0.3, 0.4) is 0 Å². The number of nitrogens with one attached hydrogen (secondary N) is 1. The summed E-state index contributed by atoms with van der Waals surface area (Å²) in [5.74, 6) is 0.127. The topological polar surface area (TPSA) is 115 Å². The molecule has 28 heavy (non-hydrogen) atoms. The summed E-state index contributed by atoms with van der Waals surface area (Å²) in [5.41, 5.74) is 3.50. The Morgan fingerprint density at radius 2 is 2.11 bits per heavy atom. The van der Waals surface area contributed by atoms with Crippen LogP contribution >= 0.6 is 31.9 Å². The molecule has 0 bridgehead atoms. The molecule has 0 saturated carbocycles. The van der Waals surface area contributed by atoms with Gasteiger partial charge in [-0.3, -0.25) is 4.79 Å². The summed E-state index contributed by atoms with van der Waals surface area (Å²) in [6, 6.07) is 10.9. The van der Waals surface area contributed by atoms with Gasteiger partial charge in [0.15, 0.2) is 11.5 Å². The van der Waals surface area contributed by atoms with Gasteiger partial charge in [0, 0.05) is 14.5 Å². The van der Waals surface area contributed by atoms with Gasteiger partial charge in [-0.1, -0.05) is 30.3 Å². The van der Waals surface area contributed by atoms with Gasteiger partial charge < -0.3 is 9.84 Å². The zero-order valence-electron chi connectivity index (χ0n) is 14.5. The Morgan fingerprint density at radius 1 is 1.36 bits per heavy atom. The summed E-state index contributed by atoms with van der Waals surface area (Å²) < 4.78 is 6.32. The molecule has 9 nitrogen and oxygen atoms in total. The lowest BCUT2D eigenvalue weighted by molar-refractivity contribution is -0.122. The van der Waals surface area contributed by atoms with Crippen molar-refractivity contribution in [2.24, 2.45) is 5.10 Å². The van der Waals surface area contributed by atoms with Crippen LogP contribution in [0.15, 0.2) is 50.4 Å². The predicted octanol–water partition coefficient (Wildman–Crippen LogP) is 2.73. The van der Waals surface area contributed by atoms with Crippen LogP contribution in [0.25, 0.3) is 11.4 Å². The fraction of sp³-hybridized carbons (Fsp3) is 0.118. The Kier molecular flexibility index (Phi) is 6.37. The molecule has 2 N–H and O–H groups in total. The first kappa shape index (κ1) is 20.0. The number of ether oxygens (including phenoxy) is 1. The molecule has 0 saturated heterocycles. The number of hydrazone groups is 1. The van der Waals surface area contributed by atoms with E-state index in [9.17, 15) is 9.90 Å². The highest BCUT2D eigenvalue weighted by molar-refractivity contribution is 9.13. The van der Waals surface area contributed by atoms with E-state index in [0.717, 1.165) is 5.56 Å². The highest BCUT2D eigenvalue weighted by atomic mass is 79.9. The third-order valence-corrected chi connectivity index (χ3v) is 5.58. The number of tetrazole rings is 1. The van der Waals surface area contributed by atoms with Gasteiger partial charge in [-0.25, -0.2) is 5.43 Å². The van der Waals surface area contributed by atoms with Gasteiger partial charge in [-0.15, -0.1) is 10.2 Å². The molecule has 144 valence electrons. The first-order valence-electron chi connectivity index (χ1n) is 7.89. The number of nitrogens with zero attached hydrogens (tertiary/aromatic N) is 5. The summed E-state index contributed by atoms with van der Waals surface area (Å²) in [6.07, 6.45) is 1.30. The smallest absolute Gasteiger partial charge is 0.263 e. The Morgan fingerprint density at radius 3 is 2.82 bits per heavy atom. The Balaban J connectivity index is 1.65. The largest absolute Gasteiger partial charge is 0.504 e. The summed E-state index contributed by atoms with van der Waals surface area (Å²) in [4.78, 5) is 13.2. The summed E-state index contributed by atoms with van der Waals surface area (Å²) >= 11 is 6.69. The molecular weight excluding hydrogens is 496 g/mol. The van der Waals surface area contributed by atoms with Gasteiger partial charge in [-0.2, -0.15) is 9.90 Å². The molecule has 0 radical (unpaired) electrons. The van der Waals surface area contributed by atoms with Gasteiger partial charge in [0.05, 0.1) is 18.9 Å². The van der Waals surface area contributed by atoms with E-state index in [-0.39, 0.29) is 18.0 Å². The zero-order chi connectivity index (χ0) is 20.1. The number of methoxy groups -OCH3 is 1. The van der Waals surface area contributed by atoms with Crippen LogP contribution in [0, 0.1) is 0 Å². The standard InChI is InChI=1S/C17H14Br2N6O3/c1-28-13-7-12(18)15(19)11(16(13)27)8-20-21-14(26)9-25-23-17(22-24-25)10-5-3-2-4-6-10/h2-8,27H,9H2,1H3,(H,21,26). The molecule has 0 unspecified atom stereocenters. The number of aromatic hydroxyl groups is 1. The van der Waals surface area contributed by atoms with Crippen LogP contribution in [-0.4, -0.2) is 44.5 Å². The molecule has 0 atom stereocenters. The van der Waals surface area contributed by atoms with Crippen molar-refractivity contribution in [1.82, 2.24) is 25.6 Å². The number of rotatable bonds is 6. The third-order valence-electron chi connectivity index (χ3n) is 3.57. The van der Waals surface area contributed by atoms with Crippen molar-refractivity contribution in [1.29, 1.82) is 0 Å². The van der Waals surface area contributed by atoms with E-state index < -0.39 is 5.91 Å². The van der Waals surface area contributed by atoms with E-state index in [0.29, 0.717) is 20.3 Å². The number of hydrogen-bond acceptors (Lipinski definition) is 7. The molecule has 3 rings (SSSR count). The zero-order valence-corrected chi connectivity index (χ0v) is 17.7. The van der Waals surface area contributed by atoms with E-state index >= 15 is 0 Å². The Bertz CT molecular complexity index is 1020. The van der Waals surface area contributed by atoms with E-state index in [1.165, 1.54) is 18.1 Å². The molecular formula is C17H14Br2N6O3. The maximum atomic E-state index is 12.0. The van der Waals surface area contributed by atoms with Crippen molar-refractivity contribution >= 4 is 44.0 Å². The van der Waals surface area contributed by atoms with Crippen molar-refractivity contribution in [3.05, 3.63) is 50.9 Å². The minimum atomic E-state index is -0.453. The van der Waals surface area contributed by atoms with Gasteiger partial charge >= 0.3 is 0 Å². The van der Waals surface area contributed by atoms with Crippen molar-refractivity contribution in [3.8, 4) is 22.9 Å². The molecule has 3 aromatic rings. The van der Waals surface area contributed by atoms with E-state index in [2.05, 4.69) is 57.8 Å². The van der Waals surface area contributed by atoms with Crippen LogP contribution in [0.4, 0.5) is 0 Å². The summed E-state index contributed by atoms with van der Waals surface area (Å²) in [7, 11) is 1.44. The fourth-order valence-electron chi connectivity index (χ4n) is 2.23. The van der Waals surface area contributed by atoms with Gasteiger partial charge in [0.1, 0.15) is 6.54 Å². The second-order valence-corrected chi connectivity index (χ2v) is 7.09. The third kappa shape index (κ3) is 4.54. The average molecular weight is 510 g/mol. The lowest BCUT2D eigenvalue weighted by atomic mass is 10.2. The van der Waals surface area contributed by atoms with Crippen LogP contribution in [-0.2, 0) is 11.3 Å². The van der Waals surface area contributed by atoms with E-state index in [1.54, 1.807) is 6.07 Å². The SMILES string of the molecule is COc1cc(Br)c(Br)c(C=NNC(=O)Cn2nnc(-c3ccccc3)n2)c1O. The highest BCUT2D eigenvalue weighted by Crippen LogP contribution is 2.39. The number of aromatic nitrogens is 4. The molecule has 1 aromatic heterocycles. The summed E-state index contributed by atoms with van der Waals surface area (Å²) in [5, 5.41) is 26.0. The first-order valence-corrected chi connectivity index (χ1v) is 9.48. The monoisotopic (exact) mass is 508 g/mol. The number of phenolic OH excluding ortho intramolecular Hbond substituents is 1. The number of phenols is 1. The highest BCUT2D eigenvalue weighted by Gasteiger charge is 2.14. The maximum absolute atomic E-state index is 12.0. The van der Waals surface area contributed by atoms with Gasteiger partial charge in [0.2, 0.25) is 5.82 Å². The van der Waals surface area contributed by atoms with Crippen LogP contribution < -0.4 is 10.2 Å². The fourth-order valence-corrected chi connectivity index (χ4v) is 3.06. The minimum absolute atomic E-state index is 0.110. The lowest BCUT2D eigenvalue weighted by Crippen LogP contribution is -2.24. The van der Waals surface area contributed by atoms with Crippen LogP contribution in [0.1, 0.15) is 5.56 Å². The van der Waals surface area contributed by atoms with E-state index in [1.807, 2.05) is 30.3 Å². The van der Waals surface area contributed by atoms with Crippen molar-refractivity contribution < 1.29 is 14.6 Å². The number of carbonyl (C=O) groups excluding carboxylic acids is 1. The molecule has 0 aliphatic heterocycles. The second kappa shape index (κ2) is 8.93. The Labute approximate surface area is 176 Å². The molecule has 1 amide bonds. The molecule has 0 aliphatic carbocycles. The van der Waals surface area contributed by atoms with Crippen molar-refractivity contribution in [3.63, 3.8) is 0 Å². The molecule has 0 fully saturated rings. The molecule has 2 aromatic carbocycles. The minimum Gasteiger partial charge on any atom is -0.504 e. The van der Waals surface area contributed by atoms with Crippen LogP contribution in [0.2, 0.25) is 0 Å². The molecule has 11 heteroatoms. The first-order chi connectivity index (χ1) is 13.5.